The van der Waals surface area contributed by atoms with Gasteiger partial charge in [0.05, 0.1) is 24.4 Å². The minimum atomic E-state index is -1.31. The molecule has 3 aromatic rings. The molecular formula is C27H31FN4O4. The van der Waals surface area contributed by atoms with E-state index < -0.39 is 17.2 Å². The minimum Gasteiger partial charge on any atom is -0.477 e. The van der Waals surface area contributed by atoms with Crippen LogP contribution >= 0.6 is 0 Å². The Balaban J connectivity index is 1.28. The van der Waals surface area contributed by atoms with Crippen molar-refractivity contribution in [1.82, 2.24) is 9.47 Å². The number of carboxylic acids is 1. The monoisotopic (exact) mass is 494 g/mol. The number of piperazine rings is 1. The lowest BCUT2D eigenvalue weighted by Gasteiger charge is -2.36. The van der Waals surface area contributed by atoms with Crippen LogP contribution < -0.4 is 15.2 Å². The molecule has 2 aliphatic heterocycles. The summed E-state index contributed by atoms with van der Waals surface area (Å²) in [6, 6.07) is 11.6. The number of hydrogen-bond acceptors (Lipinski definition) is 6. The number of fused-ring (bicyclic) bond motifs is 1. The Morgan fingerprint density at radius 1 is 1.00 bits per heavy atom. The summed E-state index contributed by atoms with van der Waals surface area (Å²) in [7, 11) is 0. The summed E-state index contributed by atoms with van der Waals surface area (Å²) < 4.78 is 22.3. The lowest BCUT2D eigenvalue weighted by atomic mass is 10.1. The zero-order chi connectivity index (χ0) is 25.2. The summed E-state index contributed by atoms with van der Waals surface area (Å²) in [5.41, 5.74) is 2.46. The van der Waals surface area contributed by atoms with Crippen LogP contribution in [0.15, 0.2) is 47.4 Å². The largest absolute Gasteiger partial charge is 0.477 e. The lowest BCUT2D eigenvalue weighted by Crippen LogP contribution is -2.46. The number of rotatable bonds is 6. The van der Waals surface area contributed by atoms with Gasteiger partial charge in [-0.2, -0.15) is 0 Å². The molecule has 0 atom stereocenters. The van der Waals surface area contributed by atoms with Crippen LogP contribution in [0.5, 0.6) is 0 Å². The Bertz CT molecular complexity index is 1310. The third-order valence-electron chi connectivity index (χ3n) is 7.15. The van der Waals surface area contributed by atoms with E-state index in [0.717, 1.165) is 45.9 Å². The number of carbonyl (C=O) groups is 1. The summed E-state index contributed by atoms with van der Waals surface area (Å²) in [5.74, 6) is -1.81. The molecule has 0 saturated carbocycles. The summed E-state index contributed by atoms with van der Waals surface area (Å²) in [4.78, 5) is 30.8. The molecule has 1 N–H and O–H groups in total. The third kappa shape index (κ3) is 4.81. The highest BCUT2D eigenvalue weighted by Gasteiger charge is 2.23. The van der Waals surface area contributed by atoms with Gasteiger partial charge in [0.2, 0.25) is 5.43 Å². The molecule has 2 saturated heterocycles. The van der Waals surface area contributed by atoms with Gasteiger partial charge in [0, 0.05) is 69.6 Å². The average Bonchev–Trinajstić information content (AvgIpc) is 2.90. The van der Waals surface area contributed by atoms with Gasteiger partial charge in [-0.1, -0.05) is 12.1 Å². The Hall–Kier alpha value is -3.43. The first-order valence-corrected chi connectivity index (χ1v) is 12.4. The molecule has 0 bridgehead atoms. The van der Waals surface area contributed by atoms with E-state index in [2.05, 4.69) is 34.1 Å². The number of hydrogen-bond donors (Lipinski definition) is 1. The van der Waals surface area contributed by atoms with E-state index in [9.17, 15) is 14.7 Å². The van der Waals surface area contributed by atoms with E-state index in [-0.39, 0.29) is 10.9 Å². The highest BCUT2D eigenvalue weighted by atomic mass is 19.1. The number of ether oxygens (including phenoxy) is 1. The predicted octanol–water partition coefficient (Wildman–Crippen LogP) is 3.02. The standard InChI is InChI=1S/C27H31FN4O4/c1-2-30-18-22(27(34)35)26(33)21-15-23(28)25(16-24(21)30)32-9-7-29(8-10-32)17-19-3-5-20(6-4-19)31-11-13-36-14-12-31/h3-6,15-16,18H,2,7-14,17H2,1H3,(H,34,35). The van der Waals surface area contributed by atoms with Crippen molar-refractivity contribution in [1.29, 1.82) is 0 Å². The Labute approximate surface area is 209 Å². The molecule has 5 rings (SSSR count). The average molecular weight is 495 g/mol. The fourth-order valence-corrected chi connectivity index (χ4v) is 5.09. The number of benzene rings is 2. The SMILES string of the molecule is CCn1cc(C(=O)O)c(=O)c2cc(F)c(N3CCN(Cc4ccc(N5CCOCC5)cc4)CC3)cc21. The maximum atomic E-state index is 15.1. The number of morpholine rings is 1. The number of aromatic carboxylic acids is 1. The number of pyridine rings is 1. The summed E-state index contributed by atoms with van der Waals surface area (Å²) in [6.45, 7) is 9.46. The van der Waals surface area contributed by atoms with E-state index in [1.54, 1.807) is 10.6 Å². The first-order valence-electron chi connectivity index (χ1n) is 12.4. The molecule has 0 radical (unpaired) electrons. The van der Waals surface area contributed by atoms with Gasteiger partial charge in [0.1, 0.15) is 11.4 Å². The van der Waals surface area contributed by atoms with E-state index in [0.29, 0.717) is 30.8 Å². The topological polar surface area (TPSA) is 78.2 Å². The van der Waals surface area contributed by atoms with Gasteiger partial charge in [0.25, 0.3) is 0 Å². The number of aromatic nitrogens is 1. The van der Waals surface area contributed by atoms with Gasteiger partial charge in [-0.3, -0.25) is 9.69 Å². The van der Waals surface area contributed by atoms with Crippen LogP contribution in [0, 0.1) is 5.82 Å². The van der Waals surface area contributed by atoms with Gasteiger partial charge < -0.3 is 24.2 Å². The van der Waals surface area contributed by atoms with Crippen molar-refractivity contribution >= 4 is 28.2 Å². The second-order valence-electron chi connectivity index (χ2n) is 9.31. The number of halogens is 1. The Morgan fingerprint density at radius 2 is 1.69 bits per heavy atom. The van der Waals surface area contributed by atoms with Crippen LogP contribution in [0.25, 0.3) is 10.9 Å². The quantitative estimate of drug-likeness (QED) is 0.565. The van der Waals surface area contributed by atoms with Crippen molar-refractivity contribution in [2.45, 2.75) is 20.0 Å². The van der Waals surface area contributed by atoms with E-state index in [1.807, 2.05) is 11.8 Å². The molecular weight excluding hydrogens is 463 g/mol. The van der Waals surface area contributed by atoms with Gasteiger partial charge in [0.15, 0.2) is 0 Å². The molecule has 1 aromatic heterocycles. The molecule has 3 heterocycles. The second kappa shape index (κ2) is 10.3. The van der Waals surface area contributed by atoms with E-state index in [1.165, 1.54) is 23.5 Å². The first kappa shape index (κ1) is 24.3. The summed E-state index contributed by atoms with van der Waals surface area (Å²) in [5, 5.41) is 9.44. The van der Waals surface area contributed by atoms with Gasteiger partial charge in [-0.05, 0) is 36.8 Å². The van der Waals surface area contributed by atoms with Crippen molar-refractivity contribution in [2.24, 2.45) is 0 Å². The molecule has 0 aliphatic carbocycles. The Morgan fingerprint density at radius 3 is 2.33 bits per heavy atom. The van der Waals surface area contributed by atoms with E-state index in [4.69, 9.17) is 4.74 Å². The molecule has 190 valence electrons. The highest BCUT2D eigenvalue weighted by molar-refractivity contribution is 5.93. The number of carboxylic acid groups (broad SMARTS) is 1. The van der Waals surface area contributed by atoms with Crippen LogP contribution in [0.4, 0.5) is 15.8 Å². The van der Waals surface area contributed by atoms with Crippen LogP contribution in [0.3, 0.4) is 0 Å². The van der Waals surface area contributed by atoms with Crippen molar-refractivity contribution in [3.8, 4) is 0 Å². The smallest absolute Gasteiger partial charge is 0.341 e. The molecule has 2 aromatic carbocycles. The highest BCUT2D eigenvalue weighted by Crippen LogP contribution is 2.27. The Kier molecular flexibility index (Phi) is 6.93. The molecule has 2 aliphatic rings. The number of anilines is 2. The third-order valence-corrected chi connectivity index (χ3v) is 7.15. The second-order valence-corrected chi connectivity index (χ2v) is 9.31. The lowest BCUT2D eigenvalue weighted by molar-refractivity contribution is 0.0695. The molecule has 2 fully saturated rings. The first-order chi connectivity index (χ1) is 17.4. The van der Waals surface area contributed by atoms with Crippen LogP contribution in [-0.4, -0.2) is 73.0 Å². The minimum absolute atomic E-state index is 0.0946. The van der Waals surface area contributed by atoms with Crippen molar-refractivity contribution in [3.05, 3.63) is 69.8 Å². The van der Waals surface area contributed by atoms with Crippen molar-refractivity contribution < 1.29 is 19.0 Å². The van der Waals surface area contributed by atoms with Crippen LogP contribution in [-0.2, 0) is 17.8 Å². The van der Waals surface area contributed by atoms with E-state index >= 15 is 4.39 Å². The van der Waals surface area contributed by atoms with Crippen LogP contribution in [0.1, 0.15) is 22.8 Å². The number of aryl methyl sites for hydroxylation is 1. The fraction of sp³-hybridized carbons (Fsp3) is 0.407. The van der Waals surface area contributed by atoms with Gasteiger partial charge in [-0.25, -0.2) is 9.18 Å². The molecule has 9 heteroatoms. The van der Waals surface area contributed by atoms with Gasteiger partial charge >= 0.3 is 5.97 Å². The molecule has 0 spiro atoms. The normalized spacial score (nSPS) is 17.1. The zero-order valence-corrected chi connectivity index (χ0v) is 20.5. The maximum Gasteiger partial charge on any atom is 0.341 e. The summed E-state index contributed by atoms with van der Waals surface area (Å²) >= 11 is 0. The number of nitrogens with zero attached hydrogens (tertiary/aromatic N) is 4. The van der Waals surface area contributed by atoms with Gasteiger partial charge in [-0.15, -0.1) is 0 Å². The molecule has 0 amide bonds. The zero-order valence-electron chi connectivity index (χ0n) is 20.5. The predicted molar refractivity (Wildman–Crippen MR) is 138 cm³/mol. The van der Waals surface area contributed by atoms with Crippen molar-refractivity contribution in [3.63, 3.8) is 0 Å². The van der Waals surface area contributed by atoms with Crippen molar-refractivity contribution in [2.75, 3.05) is 62.3 Å². The molecule has 0 unspecified atom stereocenters. The molecule has 36 heavy (non-hydrogen) atoms. The maximum absolute atomic E-state index is 15.1. The molecule has 8 nitrogen and oxygen atoms in total. The summed E-state index contributed by atoms with van der Waals surface area (Å²) in [6.07, 6.45) is 1.34. The van der Waals surface area contributed by atoms with Crippen LogP contribution in [0.2, 0.25) is 0 Å². The fourth-order valence-electron chi connectivity index (χ4n) is 5.09.